The Morgan fingerprint density at radius 3 is 2.42 bits per heavy atom. The van der Waals surface area contributed by atoms with Crippen LogP contribution < -0.4 is 10.6 Å². The summed E-state index contributed by atoms with van der Waals surface area (Å²) in [6.45, 7) is 17.0. The number of thiazole rings is 1. The standard InChI is InChI=1S/C43H63N5O8S/c1-11-18-32(45-38(50)34-21-16-17-22-48(34)42(53)56-43(6,7)8)40(51)47(9)35(28(3)4)26-36(54-10)39-46-33(27-57-39)37(49)44-31(25-30-19-14-13-15-20-30)24-29(5)41(52)55-23-12-2/h12-15,19-20,27,29,31-32,34,36H,2,11,16-18,21-26H2,1,3-10H3,(H,44,49)(H,45,50)/t29-,31+,32-,34+,36+/m0/s1. The molecule has 57 heavy (non-hydrogen) atoms. The third-order valence-electron chi connectivity index (χ3n) is 9.68. The summed E-state index contributed by atoms with van der Waals surface area (Å²) in [7, 11) is 3.24. The molecule has 314 valence electrons. The lowest BCUT2D eigenvalue weighted by molar-refractivity contribution is -0.147. The summed E-state index contributed by atoms with van der Waals surface area (Å²) in [4.78, 5) is 74.8. The van der Waals surface area contributed by atoms with Gasteiger partial charge >= 0.3 is 12.1 Å². The van der Waals surface area contributed by atoms with Gasteiger partial charge in [-0.2, -0.15) is 0 Å². The topological polar surface area (TPSA) is 156 Å². The summed E-state index contributed by atoms with van der Waals surface area (Å²) >= 11 is 1.28. The van der Waals surface area contributed by atoms with E-state index in [0.717, 1.165) is 24.0 Å². The first-order chi connectivity index (χ1) is 27.0. The second kappa shape index (κ2) is 22.4. The zero-order valence-electron chi connectivity index (χ0n) is 35.2. The second-order valence-corrected chi connectivity index (χ2v) is 16.7. The monoisotopic (exact) mass is 809 g/mol. The number of hydrogen-bond acceptors (Lipinski definition) is 10. The molecule has 2 aromatic rings. The molecule has 0 bridgehead atoms. The fraction of sp³-hybridized carbons (Fsp3) is 0.581. The van der Waals surface area contributed by atoms with E-state index < -0.39 is 35.8 Å². The van der Waals surface area contributed by atoms with Crippen molar-refractivity contribution in [3.05, 3.63) is 75.9 Å². The van der Waals surface area contributed by atoms with Crippen LogP contribution in [-0.4, -0.2) is 95.6 Å². The van der Waals surface area contributed by atoms with E-state index in [-0.39, 0.29) is 48.5 Å². The number of nitrogens with one attached hydrogen (secondary N) is 2. The summed E-state index contributed by atoms with van der Waals surface area (Å²) < 4.78 is 16.7. The number of benzene rings is 1. The maximum absolute atomic E-state index is 14.1. The van der Waals surface area contributed by atoms with E-state index in [2.05, 4.69) is 22.2 Å². The highest BCUT2D eigenvalue weighted by atomic mass is 32.1. The van der Waals surface area contributed by atoms with Gasteiger partial charge in [0, 0.05) is 44.2 Å². The zero-order valence-corrected chi connectivity index (χ0v) is 36.0. The van der Waals surface area contributed by atoms with Gasteiger partial charge in [-0.15, -0.1) is 11.3 Å². The molecule has 5 atom stereocenters. The van der Waals surface area contributed by atoms with Crippen LogP contribution in [0.1, 0.15) is 121 Å². The zero-order chi connectivity index (χ0) is 42.3. The number of piperidine rings is 1. The van der Waals surface area contributed by atoms with Crippen LogP contribution in [0.2, 0.25) is 0 Å². The van der Waals surface area contributed by atoms with Crippen LogP contribution in [0, 0.1) is 5.92 Å². The van der Waals surface area contributed by atoms with Crippen molar-refractivity contribution in [2.75, 3.05) is 27.3 Å². The average molecular weight is 810 g/mol. The smallest absolute Gasteiger partial charge is 0.410 e. The molecule has 3 rings (SSSR count). The molecule has 2 heterocycles. The number of carbonyl (C=O) groups is 5. The number of carbonyl (C=O) groups excluding carboxylic acids is 5. The number of amides is 4. The first kappa shape index (κ1) is 46.8. The minimum Gasteiger partial charge on any atom is -0.461 e. The molecule has 1 aliphatic rings. The van der Waals surface area contributed by atoms with Crippen LogP contribution >= 0.6 is 11.3 Å². The Balaban J connectivity index is 1.75. The highest BCUT2D eigenvalue weighted by Crippen LogP contribution is 2.31. The number of likely N-dealkylation sites (tertiary alicyclic amines) is 1. The molecule has 1 aliphatic heterocycles. The first-order valence-electron chi connectivity index (χ1n) is 19.8. The van der Waals surface area contributed by atoms with Crippen molar-refractivity contribution < 1.29 is 38.2 Å². The van der Waals surface area contributed by atoms with Crippen LogP contribution in [0.3, 0.4) is 0 Å². The highest BCUT2D eigenvalue weighted by molar-refractivity contribution is 7.09. The molecule has 2 N–H and O–H groups in total. The molecule has 1 saturated heterocycles. The second-order valence-electron chi connectivity index (χ2n) is 15.8. The molecular weight excluding hydrogens is 747 g/mol. The van der Waals surface area contributed by atoms with Gasteiger partial charge < -0.3 is 29.7 Å². The Morgan fingerprint density at radius 2 is 1.81 bits per heavy atom. The lowest BCUT2D eigenvalue weighted by atomic mass is 9.96. The highest BCUT2D eigenvalue weighted by Gasteiger charge is 2.37. The minimum atomic E-state index is -0.823. The van der Waals surface area contributed by atoms with Gasteiger partial charge in [-0.25, -0.2) is 9.78 Å². The van der Waals surface area contributed by atoms with Gasteiger partial charge in [0.1, 0.15) is 41.1 Å². The molecule has 1 aromatic carbocycles. The van der Waals surface area contributed by atoms with Crippen LogP contribution in [0.15, 0.2) is 59.6 Å². The van der Waals surface area contributed by atoms with Gasteiger partial charge in [0.15, 0.2) is 0 Å². The van der Waals surface area contributed by atoms with Crippen molar-refractivity contribution in [3.8, 4) is 0 Å². The number of nitrogens with zero attached hydrogens (tertiary/aromatic N) is 3. The van der Waals surface area contributed by atoms with Gasteiger partial charge in [0.05, 0.1) is 5.92 Å². The van der Waals surface area contributed by atoms with Crippen LogP contribution in [0.25, 0.3) is 0 Å². The van der Waals surface area contributed by atoms with Crippen molar-refractivity contribution in [1.29, 1.82) is 0 Å². The number of allylic oxidation sites excluding steroid dienone is 1. The Hall–Kier alpha value is -4.56. The predicted octanol–water partition coefficient (Wildman–Crippen LogP) is 7.14. The third kappa shape index (κ3) is 14.4. The van der Waals surface area contributed by atoms with Crippen LogP contribution in [0.5, 0.6) is 0 Å². The van der Waals surface area contributed by atoms with Crippen molar-refractivity contribution in [2.24, 2.45) is 5.92 Å². The molecule has 0 spiro atoms. The SMILES string of the molecule is C=CCOC(=O)[C@@H](C)C[C@H](Cc1ccccc1)NC(=O)c1csc([C@@H](CC(=C(C)C)N(C)C(=O)[C@H](CCC)NC(=O)[C@H]2CCCCN2C(=O)OC(C)(C)C)OC)n1. The maximum atomic E-state index is 14.1. The van der Waals surface area contributed by atoms with Crippen molar-refractivity contribution in [3.63, 3.8) is 0 Å². The average Bonchev–Trinajstić information content (AvgIpc) is 3.66. The number of rotatable bonds is 19. The summed E-state index contributed by atoms with van der Waals surface area (Å²) in [6.07, 6.45) is 4.62. The Bertz CT molecular complexity index is 1700. The molecule has 1 fully saturated rings. The van der Waals surface area contributed by atoms with E-state index in [1.165, 1.54) is 22.3 Å². The number of hydrogen-bond donors (Lipinski definition) is 2. The largest absolute Gasteiger partial charge is 0.461 e. The Kier molecular flexibility index (Phi) is 18.4. The van der Waals surface area contributed by atoms with Gasteiger partial charge in [0.2, 0.25) is 11.8 Å². The summed E-state index contributed by atoms with van der Waals surface area (Å²) in [5.41, 5.74) is 2.08. The van der Waals surface area contributed by atoms with E-state index in [1.807, 2.05) is 51.1 Å². The predicted molar refractivity (Wildman–Crippen MR) is 221 cm³/mol. The molecule has 0 radical (unpaired) electrons. The van der Waals surface area contributed by atoms with E-state index in [9.17, 15) is 24.0 Å². The van der Waals surface area contributed by atoms with Crippen LogP contribution in [-0.2, 0) is 35.0 Å². The number of likely N-dealkylation sites (N-methyl/N-ethyl adjacent to an activating group) is 1. The van der Waals surface area contributed by atoms with E-state index >= 15 is 0 Å². The molecule has 0 aliphatic carbocycles. The molecule has 0 unspecified atom stereocenters. The van der Waals surface area contributed by atoms with Gasteiger partial charge in [-0.3, -0.25) is 24.1 Å². The number of ether oxygens (including phenoxy) is 3. The van der Waals surface area contributed by atoms with Crippen molar-refractivity contribution in [1.82, 2.24) is 25.4 Å². The summed E-state index contributed by atoms with van der Waals surface area (Å²) in [6, 6.07) is 7.79. The molecule has 1 aromatic heterocycles. The molecular formula is C43H63N5O8S. The Labute approximate surface area is 342 Å². The summed E-state index contributed by atoms with van der Waals surface area (Å²) in [5.74, 6) is -1.87. The number of methoxy groups -OCH3 is 1. The maximum Gasteiger partial charge on any atom is 0.410 e. The molecule has 0 saturated carbocycles. The quantitative estimate of drug-likeness (QED) is 0.111. The normalized spacial score (nSPS) is 16.3. The number of esters is 1. The molecule has 4 amide bonds. The fourth-order valence-corrected chi connectivity index (χ4v) is 7.62. The van der Waals surface area contributed by atoms with Crippen molar-refractivity contribution >= 4 is 41.1 Å². The lowest BCUT2D eigenvalue weighted by Crippen LogP contribution is -2.56. The van der Waals surface area contributed by atoms with Gasteiger partial charge in [-0.05, 0) is 78.7 Å². The van der Waals surface area contributed by atoms with Crippen LogP contribution in [0.4, 0.5) is 4.79 Å². The van der Waals surface area contributed by atoms with E-state index in [4.69, 9.17) is 14.2 Å². The number of aromatic nitrogens is 1. The molecule has 14 heteroatoms. The summed E-state index contributed by atoms with van der Waals surface area (Å²) in [5, 5.41) is 8.27. The first-order valence-corrected chi connectivity index (χ1v) is 20.7. The van der Waals surface area contributed by atoms with Gasteiger partial charge in [-0.1, -0.05) is 68.8 Å². The minimum absolute atomic E-state index is 0.117. The Morgan fingerprint density at radius 1 is 1.11 bits per heavy atom. The molecule has 13 nitrogen and oxygen atoms in total. The third-order valence-corrected chi connectivity index (χ3v) is 10.6. The van der Waals surface area contributed by atoms with E-state index in [0.29, 0.717) is 49.4 Å². The van der Waals surface area contributed by atoms with Gasteiger partial charge in [0.25, 0.3) is 5.91 Å². The van der Waals surface area contributed by atoms with E-state index in [1.54, 1.807) is 52.1 Å². The fourth-order valence-electron chi connectivity index (χ4n) is 6.74. The van der Waals surface area contributed by atoms with Crippen molar-refractivity contribution in [2.45, 2.75) is 130 Å². The lowest BCUT2D eigenvalue weighted by Gasteiger charge is -2.37.